The van der Waals surface area contributed by atoms with Gasteiger partial charge in [-0.3, -0.25) is 4.79 Å². The fourth-order valence-corrected chi connectivity index (χ4v) is 2.85. The van der Waals surface area contributed by atoms with Crippen LogP contribution in [0.3, 0.4) is 0 Å². The molecule has 0 bridgehead atoms. The van der Waals surface area contributed by atoms with Crippen molar-refractivity contribution < 1.29 is 4.79 Å². The normalized spacial score (nSPS) is 17.7. The lowest BCUT2D eigenvalue weighted by atomic mass is 10.1. The molecule has 1 aromatic heterocycles. The summed E-state index contributed by atoms with van der Waals surface area (Å²) in [4.78, 5) is 12.2. The van der Waals surface area contributed by atoms with Gasteiger partial charge in [-0.1, -0.05) is 12.1 Å². The van der Waals surface area contributed by atoms with Crippen LogP contribution in [0, 0.1) is 20.8 Å². The summed E-state index contributed by atoms with van der Waals surface area (Å²) in [7, 11) is 0. The van der Waals surface area contributed by atoms with Gasteiger partial charge >= 0.3 is 0 Å². The molecule has 0 radical (unpaired) electrons. The number of aryl methyl sites for hydroxylation is 2. The first-order valence-corrected chi connectivity index (χ1v) is 7.73. The third-order valence-corrected chi connectivity index (χ3v) is 4.24. The van der Waals surface area contributed by atoms with Gasteiger partial charge in [0.25, 0.3) is 0 Å². The topological polar surface area (TPSA) is 59.0 Å². The van der Waals surface area contributed by atoms with E-state index < -0.39 is 0 Å². The number of nitrogens with one attached hydrogen (secondary N) is 2. The molecule has 1 atom stereocenters. The van der Waals surface area contributed by atoms with Crippen molar-refractivity contribution >= 4 is 11.6 Å². The Kier molecular flexibility index (Phi) is 3.98. The molecule has 1 aliphatic heterocycles. The van der Waals surface area contributed by atoms with Crippen LogP contribution in [-0.2, 0) is 4.79 Å². The van der Waals surface area contributed by atoms with Crippen LogP contribution in [0.15, 0.2) is 24.4 Å². The molecule has 1 aliphatic rings. The molecule has 2 N–H and O–H groups in total. The number of hydrogen-bond donors (Lipinski definition) is 2. The summed E-state index contributed by atoms with van der Waals surface area (Å²) in [5, 5.41) is 10.7. The van der Waals surface area contributed by atoms with Gasteiger partial charge in [-0.05, 0) is 57.4 Å². The first-order chi connectivity index (χ1) is 10.6. The average molecular weight is 298 g/mol. The lowest BCUT2D eigenvalue weighted by Gasteiger charge is -2.12. The molecule has 5 heteroatoms. The third-order valence-electron chi connectivity index (χ3n) is 4.24. The number of amides is 1. The molecule has 1 amide bonds. The molecular formula is C17H22N4O. The van der Waals surface area contributed by atoms with Gasteiger partial charge in [0, 0.05) is 0 Å². The molecule has 1 unspecified atom stereocenters. The van der Waals surface area contributed by atoms with Crippen molar-refractivity contribution in [3.05, 3.63) is 41.2 Å². The minimum absolute atomic E-state index is 0.0288. The maximum atomic E-state index is 12.2. The predicted octanol–water partition coefficient (Wildman–Crippen LogP) is 2.49. The van der Waals surface area contributed by atoms with E-state index in [-0.39, 0.29) is 11.9 Å². The van der Waals surface area contributed by atoms with E-state index in [4.69, 9.17) is 0 Å². The minimum Gasteiger partial charge on any atom is -0.322 e. The lowest BCUT2D eigenvalue weighted by Crippen LogP contribution is -2.35. The van der Waals surface area contributed by atoms with E-state index in [1.165, 1.54) is 5.56 Å². The van der Waals surface area contributed by atoms with Crippen molar-refractivity contribution in [1.29, 1.82) is 0 Å². The molecule has 2 aromatic rings. The molecule has 22 heavy (non-hydrogen) atoms. The summed E-state index contributed by atoms with van der Waals surface area (Å²) in [6.45, 7) is 7.03. The highest BCUT2D eigenvalue weighted by molar-refractivity contribution is 5.95. The zero-order chi connectivity index (χ0) is 15.7. The molecule has 0 spiro atoms. The van der Waals surface area contributed by atoms with E-state index in [0.29, 0.717) is 0 Å². The Bertz CT molecular complexity index is 699. The number of hydrogen-bond acceptors (Lipinski definition) is 3. The maximum Gasteiger partial charge on any atom is 0.241 e. The number of aromatic nitrogens is 2. The van der Waals surface area contributed by atoms with Gasteiger partial charge in [0.2, 0.25) is 5.91 Å². The molecule has 5 nitrogen and oxygen atoms in total. The van der Waals surface area contributed by atoms with Crippen molar-refractivity contribution in [1.82, 2.24) is 15.1 Å². The zero-order valence-corrected chi connectivity index (χ0v) is 13.3. The number of nitrogens with zero attached hydrogens (tertiary/aromatic N) is 2. The van der Waals surface area contributed by atoms with E-state index in [2.05, 4.69) is 47.8 Å². The smallest absolute Gasteiger partial charge is 0.241 e. The van der Waals surface area contributed by atoms with Gasteiger partial charge in [0.15, 0.2) is 0 Å². The molecule has 0 saturated carbocycles. The fraction of sp³-hybridized carbons (Fsp3) is 0.412. The van der Waals surface area contributed by atoms with Crippen molar-refractivity contribution in [3.8, 4) is 5.69 Å². The summed E-state index contributed by atoms with van der Waals surface area (Å²) in [5.41, 5.74) is 5.13. The molecule has 1 fully saturated rings. The van der Waals surface area contributed by atoms with Crippen molar-refractivity contribution in [3.63, 3.8) is 0 Å². The average Bonchev–Trinajstić information content (AvgIpc) is 3.13. The van der Waals surface area contributed by atoms with Crippen molar-refractivity contribution in [2.75, 3.05) is 11.9 Å². The molecular weight excluding hydrogens is 276 g/mol. The molecule has 116 valence electrons. The van der Waals surface area contributed by atoms with E-state index in [1.807, 2.05) is 11.6 Å². The Balaban J connectivity index is 1.85. The Hall–Kier alpha value is -2.14. The van der Waals surface area contributed by atoms with Crippen LogP contribution in [-0.4, -0.2) is 28.3 Å². The van der Waals surface area contributed by atoms with Gasteiger partial charge < -0.3 is 10.6 Å². The van der Waals surface area contributed by atoms with Crippen LogP contribution in [0.2, 0.25) is 0 Å². The maximum absolute atomic E-state index is 12.2. The molecule has 1 saturated heterocycles. The number of carbonyl (C=O) groups is 1. The second-order valence-electron chi connectivity index (χ2n) is 5.98. The number of carbonyl (C=O) groups excluding carboxylic acids is 1. The molecule has 2 heterocycles. The third kappa shape index (κ3) is 2.76. The van der Waals surface area contributed by atoms with E-state index >= 15 is 0 Å². The highest BCUT2D eigenvalue weighted by atomic mass is 16.2. The van der Waals surface area contributed by atoms with Gasteiger partial charge in [-0.15, -0.1) is 0 Å². The number of benzene rings is 1. The highest BCUT2D eigenvalue weighted by Crippen LogP contribution is 2.22. The quantitative estimate of drug-likeness (QED) is 0.915. The van der Waals surface area contributed by atoms with Crippen LogP contribution >= 0.6 is 0 Å². The largest absolute Gasteiger partial charge is 0.322 e. The van der Waals surface area contributed by atoms with Crippen LogP contribution in [0.25, 0.3) is 5.69 Å². The van der Waals surface area contributed by atoms with Crippen LogP contribution in [0.4, 0.5) is 5.69 Å². The fourth-order valence-electron chi connectivity index (χ4n) is 2.85. The van der Waals surface area contributed by atoms with Gasteiger partial charge in [-0.2, -0.15) is 5.10 Å². The second kappa shape index (κ2) is 5.93. The Morgan fingerprint density at radius 1 is 1.36 bits per heavy atom. The lowest BCUT2D eigenvalue weighted by molar-refractivity contribution is -0.117. The molecule has 3 rings (SSSR count). The van der Waals surface area contributed by atoms with Crippen LogP contribution < -0.4 is 10.6 Å². The molecule has 1 aromatic carbocycles. The minimum atomic E-state index is -0.0801. The van der Waals surface area contributed by atoms with Crippen molar-refractivity contribution in [2.24, 2.45) is 0 Å². The van der Waals surface area contributed by atoms with Gasteiger partial charge in [0.05, 0.1) is 29.3 Å². The van der Waals surface area contributed by atoms with Crippen LogP contribution in [0.1, 0.15) is 29.7 Å². The standard InChI is InChI=1S/C17H22N4O/c1-11-6-7-12(2)16(9-11)21-13(3)15(10-19-21)20-17(22)14-5-4-8-18-14/h6-7,9-10,14,18H,4-5,8H2,1-3H3,(H,20,22). The summed E-state index contributed by atoms with van der Waals surface area (Å²) < 4.78 is 1.89. The Labute approximate surface area is 130 Å². The number of anilines is 1. The number of rotatable bonds is 3. The second-order valence-corrected chi connectivity index (χ2v) is 5.98. The van der Waals surface area contributed by atoms with E-state index in [0.717, 1.165) is 42.0 Å². The first kappa shape index (κ1) is 14.8. The summed E-state index contributed by atoms with van der Waals surface area (Å²) in [6.07, 6.45) is 3.68. The van der Waals surface area contributed by atoms with Gasteiger partial charge in [0.1, 0.15) is 0 Å². The highest BCUT2D eigenvalue weighted by Gasteiger charge is 2.23. The van der Waals surface area contributed by atoms with E-state index in [9.17, 15) is 4.79 Å². The van der Waals surface area contributed by atoms with Crippen molar-refractivity contribution in [2.45, 2.75) is 39.7 Å². The SMILES string of the molecule is Cc1ccc(C)c(-n2ncc(NC(=O)C3CCCN3)c2C)c1. The first-order valence-electron chi connectivity index (χ1n) is 7.73. The zero-order valence-electron chi connectivity index (χ0n) is 13.3. The Morgan fingerprint density at radius 3 is 2.91 bits per heavy atom. The monoisotopic (exact) mass is 298 g/mol. The Morgan fingerprint density at radius 2 is 2.18 bits per heavy atom. The van der Waals surface area contributed by atoms with Gasteiger partial charge in [-0.25, -0.2) is 4.68 Å². The molecule has 0 aliphatic carbocycles. The summed E-state index contributed by atoms with van der Waals surface area (Å²) >= 11 is 0. The van der Waals surface area contributed by atoms with E-state index in [1.54, 1.807) is 6.20 Å². The summed E-state index contributed by atoms with van der Waals surface area (Å²) in [6, 6.07) is 6.21. The summed E-state index contributed by atoms with van der Waals surface area (Å²) in [5.74, 6) is 0.0288. The predicted molar refractivity (Wildman–Crippen MR) is 87.4 cm³/mol. The van der Waals surface area contributed by atoms with Crippen LogP contribution in [0.5, 0.6) is 0 Å².